The van der Waals surface area contributed by atoms with E-state index in [0.29, 0.717) is 33.9 Å². The monoisotopic (exact) mass is 808 g/mol. The summed E-state index contributed by atoms with van der Waals surface area (Å²) < 4.78 is 18.6. The van der Waals surface area contributed by atoms with Crippen molar-refractivity contribution in [1.29, 1.82) is 0 Å². The minimum absolute atomic E-state index is 0.0620. The molecule has 5 aromatic rings. The molecule has 3 unspecified atom stereocenters. The van der Waals surface area contributed by atoms with Crippen LogP contribution in [-0.4, -0.2) is 57.6 Å². The smallest absolute Gasteiger partial charge is 0.326 e. The molecular weight excluding hydrogens is 767 g/mol. The van der Waals surface area contributed by atoms with Gasteiger partial charge in [0.1, 0.15) is 31.0 Å². The average molecular weight is 810 g/mol. The van der Waals surface area contributed by atoms with Crippen molar-refractivity contribution in [2.45, 2.75) is 71.0 Å². The fraction of sp³-hybridized carbons (Fsp3) is 0.273. The number of halogens is 2. The maximum absolute atomic E-state index is 14.0. The molecule has 7 rings (SSSR count). The van der Waals surface area contributed by atoms with E-state index in [1.54, 1.807) is 24.5 Å². The quantitative estimate of drug-likeness (QED) is 0.122. The van der Waals surface area contributed by atoms with Crippen molar-refractivity contribution in [2.75, 3.05) is 6.61 Å². The fourth-order valence-corrected chi connectivity index (χ4v) is 7.31. The highest BCUT2D eigenvalue weighted by Gasteiger charge is 2.38. The molecule has 0 saturated heterocycles. The van der Waals surface area contributed by atoms with E-state index in [2.05, 4.69) is 15.6 Å². The molecule has 0 spiro atoms. The third-order valence-electron chi connectivity index (χ3n) is 10.0. The molecular formula is C44H42Cl2N4O7. The van der Waals surface area contributed by atoms with Crippen molar-refractivity contribution < 1.29 is 33.7 Å². The van der Waals surface area contributed by atoms with Gasteiger partial charge in [0.25, 0.3) is 0 Å². The second kappa shape index (κ2) is 17.2. The Morgan fingerprint density at radius 2 is 1.65 bits per heavy atom. The Morgan fingerprint density at radius 3 is 2.35 bits per heavy atom. The Labute approximate surface area is 340 Å². The van der Waals surface area contributed by atoms with Gasteiger partial charge in [0.2, 0.25) is 5.91 Å². The largest absolute Gasteiger partial charge is 0.489 e. The van der Waals surface area contributed by atoms with Crippen molar-refractivity contribution in [3.05, 3.63) is 141 Å². The molecule has 4 aromatic carbocycles. The van der Waals surface area contributed by atoms with E-state index < -0.39 is 36.1 Å². The Hall–Kier alpha value is -5.78. The lowest BCUT2D eigenvalue weighted by Gasteiger charge is -2.38. The topological polar surface area (TPSA) is 139 Å². The summed E-state index contributed by atoms with van der Waals surface area (Å²) in [6, 6.07) is 23.3. The van der Waals surface area contributed by atoms with Gasteiger partial charge in [-0.25, -0.2) is 9.59 Å². The van der Waals surface area contributed by atoms with E-state index >= 15 is 0 Å². The highest BCUT2D eigenvalue weighted by molar-refractivity contribution is 6.42. The Bertz CT molecular complexity index is 2280. The van der Waals surface area contributed by atoms with Crippen molar-refractivity contribution in [3.63, 3.8) is 0 Å². The van der Waals surface area contributed by atoms with E-state index in [1.807, 2.05) is 93.6 Å². The summed E-state index contributed by atoms with van der Waals surface area (Å²) >= 11 is 12.2. The van der Waals surface area contributed by atoms with E-state index in [-0.39, 0.29) is 32.0 Å². The molecule has 2 aliphatic rings. The van der Waals surface area contributed by atoms with Crippen molar-refractivity contribution in [3.8, 4) is 28.4 Å². The predicted molar refractivity (Wildman–Crippen MR) is 217 cm³/mol. The maximum atomic E-state index is 14.0. The molecule has 1 aromatic heterocycles. The highest BCUT2D eigenvalue weighted by atomic mass is 35.5. The number of aryl methyl sites for hydroxylation is 1. The summed E-state index contributed by atoms with van der Waals surface area (Å²) in [5, 5.41) is 16.8. The number of pyridine rings is 1. The average Bonchev–Trinajstić information content (AvgIpc) is 3.20. The van der Waals surface area contributed by atoms with Gasteiger partial charge in [-0.15, -0.1) is 0 Å². The molecule has 0 saturated carbocycles. The summed E-state index contributed by atoms with van der Waals surface area (Å²) in [5.41, 5.74) is 7.17. The van der Waals surface area contributed by atoms with Gasteiger partial charge in [0, 0.05) is 37.8 Å². The zero-order valence-electron chi connectivity index (χ0n) is 31.6. The van der Waals surface area contributed by atoms with Crippen molar-refractivity contribution >= 4 is 41.1 Å². The van der Waals surface area contributed by atoms with E-state index in [9.17, 15) is 19.5 Å². The molecule has 57 heavy (non-hydrogen) atoms. The second-order valence-electron chi connectivity index (χ2n) is 14.5. The Morgan fingerprint density at radius 1 is 0.912 bits per heavy atom. The molecule has 3 heterocycles. The van der Waals surface area contributed by atoms with E-state index in [4.69, 9.17) is 37.4 Å². The number of carbonyl (C=O) groups is 3. The first-order chi connectivity index (χ1) is 27.4. The van der Waals surface area contributed by atoms with Gasteiger partial charge in [-0.1, -0.05) is 65.7 Å². The summed E-state index contributed by atoms with van der Waals surface area (Å²) in [6.45, 7) is 6.34. The van der Waals surface area contributed by atoms with Crippen LogP contribution < -0.4 is 24.8 Å². The first kappa shape index (κ1) is 39.5. The lowest BCUT2D eigenvalue weighted by Crippen LogP contribution is -2.58. The highest BCUT2D eigenvalue weighted by Crippen LogP contribution is 2.41. The molecule has 0 fully saturated rings. The van der Waals surface area contributed by atoms with E-state index in [0.717, 1.165) is 44.5 Å². The number of fused-ring (bicyclic) bond motifs is 2. The first-order valence-corrected chi connectivity index (χ1v) is 19.4. The van der Waals surface area contributed by atoms with Crippen LogP contribution in [0.4, 0.5) is 4.79 Å². The van der Waals surface area contributed by atoms with Gasteiger partial charge >= 0.3 is 12.0 Å². The van der Waals surface area contributed by atoms with Gasteiger partial charge in [-0.05, 0) is 108 Å². The number of nitrogens with one attached hydrogen (secondary N) is 2. The standard InChI is InChI=1S/C44H42Cl2N4O7/c1-25(2)48-44(54)50-22-32-20-40-39(56-24-41(57-40)30-9-11-33(12-10-30)55-23-28-6-13-35(45)36(46)16-28)19-31(32)18-38(50)42(51)49-37(43(52)53)17-27-4-7-29(8-5-27)34-14-15-47-21-26(34)3/h4-16,19-21,25,37-38,41H,17-18,22-24H2,1-3H3,(H,48,54)(H,49,51)(H,52,53). The molecule has 3 atom stereocenters. The number of nitrogens with zero attached hydrogens (tertiary/aromatic N) is 2. The number of carboxylic acids is 1. The number of rotatable bonds is 11. The lowest BCUT2D eigenvalue weighted by atomic mass is 9.92. The van der Waals surface area contributed by atoms with Crippen LogP contribution in [-0.2, 0) is 35.6 Å². The number of ether oxygens (including phenoxy) is 3. The summed E-state index contributed by atoms with van der Waals surface area (Å²) in [5.74, 6) is -0.00995. The maximum Gasteiger partial charge on any atom is 0.326 e. The summed E-state index contributed by atoms with van der Waals surface area (Å²) in [6.07, 6.45) is 3.34. The summed E-state index contributed by atoms with van der Waals surface area (Å²) in [7, 11) is 0. The van der Waals surface area contributed by atoms with Crippen molar-refractivity contribution in [1.82, 2.24) is 20.5 Å². The van der Waals surface area contributed by atoms with Gasteiger partial charge in [-0.3, -0.25) is 9.78 Å². The number of hydrogen-bond acceptors (Lipinski definition) is 7. The molecule has 11 nitrogen and oxygen atoms in total. The third kappa shape index (κ3) is 9.27. The number of carbonyl (C=O) groups excluding carboxylic acids is 2. The number of aliphatic carboxylic acids is 1. The fourth-order valence-electron chi connectivity index (χ4n) is 6.99. The summed E-state index contributed by atoms with van der Waals surface area (Å²) in [4.78, 5) is 45.6. The van der Waals surface area contributed by atoms with Crippen LogP contribution in [0.5, 0.6) is 17.2 Å². The number of amides is 3. The number of carboxylic acid groups (broad SMARTS) is 1. The first-order valence-electron chi connectivity index (χ1n) is 18.6. The van der Waals surface area contributed by atoms with Crippen molar-refractivity contribution in [2.24, 2.45) is 0 Å². The molecule has 0 aliphatic carbocycles. The number of aromatic nitrogens is 1. The normalized spacial score (nSPS) is 16.4. The molecule has 0 radical (unpaired) electrons. The molecule has 3 amide bonds. The number of urea groups is 1. The Kier molecular flexibility index (Phi) is 11.9. The predicted octanol–water partition coefficient (Wildman–Crippen LogP) is 8.11. The zero-order valence-corrected chi connectivity index (χ0v) is 33.1. The van der Waals surface area contributed by atoms with Gasteiger partial charge < -0.3 is 34.9 Å². The van der Waals surface area contributed by atoms with Crippen LogP contribution in [0, 0.1) is 6.92 Å². The van der Waals surface area contributed by atoms with Gasteiger partial charge in [-0.2, -0.15) is 0 Å². The van der Waals surface area contributed by atoms with Crippen LogP contribution in [0.25, 0.3) is 11.1 Å². The van der Waals surface area contributed by atoms with Gasteiger partial charge in [0.05, 0.1) is 10.0 Å². The van der Waals surface area contributed by atoms with E-state index in [1.165, 1.54) is 4.90 Å². The van der Waals surface area contributed by atoms with Gasteiger partial charge in [0.15, 0.2) is 17.6 Å². The van der Waals surface area contributed by atoms with Crippen LogP contribution >= 0.6 is 23.2 Å². The number of hydrogen-bond donors (Lipinski definition) is 3. The second-order valence-corrected chi connectivity index (χ2v) is 15.3. The number of benzene rings is 4. The minimum Gasteiger partial charge on any atom is -0.489 e. The molecule has 0 bridgehead atoms. The molecule has 3 N–H and O–H groups in total. The molecule has 294 valence electrons. The van der Waals surface area contributed by atoms with Crippen LogP contribution in [0.2, 0.25) is 10.0 Å². The third-order valence-corrected chi connectivity index (χ3v) is 10.8. The van der Waals surface area contributed by atoms with Crippen LogP contribution in [0.15, 0.2) is 97.3 Å². The molecule has 13 heteroatoms. The zero-order chi connectivity index (χ0) is 40.2. The lowest BCUT2D eigenvalue weighted by molar-refractivity contribution is -0.142. The minimum atomic E-state index is -1.22. The Balaban J connectivity index is 1.04. The molecule has 2 aliphatic heterocycles. The van der Waals surface area contributed by atoms with Crippen LogP contribution in [0.1, 0.15) is 53.3 Å². The van der Waals surface area contributed by atoms with Crippen LogP contribution in [0.3, 0.4) is 0 Å². The SMILES string of the molecule is Cc1cnccc1-c1ccc(CC(NC(=O)C2Cc3cc4c(cc3CN2C(=O)NC(C)C)OC(c2ccc(OCc3ccc(Cl)c(Cl)c3)cc2)CO4)C(=O)O)cc1.